The standard InChI is InChI=1S/C18H21FN4O2S/c19-16-7-4-8-17-18(16)23(15-5-2-1-3-6-15)26(24,25)22(17)14-13-21-11-9-20-10-12-21/h1-8,20H,9-14H2. The third-order valence-corrected chi connectivity index (χ3v) is 6.56. The van der Waals surface area contributed by atoms with Crippen molar-refractivity contribution in [3.63, 3.8) is 0 Å². The molecule has 1 N–H and O–H groups in total. The highest BCUT2D eigenvalue weighted by Gasteiger charge is 2.43. The van der Waals surface area contributed by atoms with Gasteiger partial charge in [-0.3, -0.25) is 4.90 Å². The molecule has 138 valence electrons. The lowest BCUT2D eigenvalue weighted by Gasteiger charge is -2.29. The minimum absolute atomic E-state index is 0.0963. The summed E-state index contributed by atoms with van der Waals surface area (Å²) in [6, 6.07) is 13.2. The first kappa shape index (κ1) is 17.3. The van der Waals surface area contributed by atoms with Crippen LogP contribution < -0.4 is 13.9 Å². The van der Waals surface area contributed by atoms with Crippen molar-refractivity contribution in [2.24, 2.45) is 0 Å². The molecule has 2 aromatic rings. The summed E-state index contributed by atoms with van der Waals surface area (Å²) in [5.74, 6) is -0.542. The molecule has 2 aromatic carbocycles. The molecule has 2 aliphatic heterocycles. The number of para-hydroxylation sites is 2. The lowest BCUT2D eigenvalue weighted by molar-refractivity contribution is 0.248. The summed E-state index contributed by atoms with van der Waals surface area (Å²) in [6.07, 6.45) is 0. The van der Waals surface area contributed by atoms with Crippen molar-refractivity contribution < 1.29 is 12.8 Å². The van der Waals surface area contributed by atoms with Crippen LogP contribution in [0.2, 0.25) is 0 Å². The van der Waals surface area contributed by atoms with Crippen LogP contribution in [0.25, 0.3) is 0 Å². The normalized spacial score (nSPS) is 19.6. The fraction of sp³-hybridized carbons (Fsp3) is 0.333. The first-order valence-corrected chi connectivity index (χ1v) is 10.1. The van der Waals surface area contributed by atoms with E-state index < -0.39 is 16.0 Å². The van der Waals surface area contributed by atoms with Gasteiger partial charge in [-0.05, 0) is 24.3 Å². The molecule has 0 unspecified atom stereocenters. The number of nitrogens with one attached hydrogen (secondary N) is 1. The molecular weight excluding hydrogens is 355 g/mol. The maximum absolute atomic E-state index is 14.6. The van der Waals surface area contributed by atoms with Gasteiger partial charge in [0.15, 0.2) is 0 Å². The molecular formula is C18H21FN4O2S. The van der Waals surface area contributed by atoms with Gasteiger partial charge in [0.2, 0.25) is 0 Å². The smallest absolute Gasteiger partial charge is 0.314 e. The highest BCUT2D eigenvalue weighted by Crippen LogP contribution is 2.46. The molecule has 8 heteroatoms. The Hall–Kier alpha value is -2.16. The van der Waals surface area contributed by atoms with E-state index in [-0.39, 0.29) is 5.69 Å². The van der Waals surface area contributed by atoms with Gasteiger partial charge in [-0.2, -0.15) is 8.42 Å². The monoisotopic (exact) mass is 376 g/mol. The second kappa shape index (κ2) is 6.86. The molecule has 4 rings (SSSR count). The minimum atomic E-state index is -3.88. The molecule has 6 nitrogen and oxygen atoms in total. The number of hydrogen-bond acceptors (Lipinski definition) is 4. The van der Waals surface area contributed by atoms with Gasteiger partial charge in [0.1, 0.15) is 11.5 Å². The van der Waals surface area contributed by atoms with Crippen LogP contribution in [-0.2, 0) is 10.2 Å². The van der Waals surface area contributed by atoms with Gasteiger partial charge in [-0.1, -0.05) is 24.3 Å². The molecule has 1 fully saturated rings. The number of hydrogen-bond donors (Lipinski definition) is 1. The number of nitrogens with zero attached hydrogens (tertiary/aromatic N) is 3. The van der Waals surface area contributed by atoms with Gasteiger partial charge >= 0.3 is 10.2 Å². The summed E-state index contributed by atoms with van der Waals surface area (Å²) >= 11 is 0. The van der Waals surface area contributed by atoms with Gasteiger partial charge in [0, 0.05) is 39.3 Å². The van der Waals surface area contributed by atoms with Gasteiger partial charge in [0.05, 0.1) is 11.4 Å². The highest BCUT2D eigenvalue weighted by molar-refractivity contribution is 7.95. The Balaban J connectivity index is 1.70. The fourth-order valence-corrected chi connectivity index (χ4v) is 5.18. The third kappa shape index (κ3) is 2.94. The number of anilines is 3. The van der Waals surface area contributed by atoms with Crippen molar-refractivity contribution in [2.75, 3.05) is 47.9 Å². The quantitative estimate of drug-likeness (QED) is 0.886. The predicted molar refractivity (Wildman–Crippen MR) is 101 cm³/mol. The maximum Gasteiger partial charge on any atom is 0.331 e. The fourth-order valence-electron chi connectivity index (χ4n) is 3.47. The first-order valence-electron chi connectivity index (χ1n) is 8.69. The predicted octanol–water partition coefficient (Wildman–Crippen LogP) is 1.93. The largest absolute Gasteiger partial charge is 0.331 e. The molecule has 0 aromatic heterocycles. The Kier molecular flexibility index (Phi) is 4.56. The van der Waals surface area contributed by atoms with Crippen molar-refractivity contribution in [3.8, 4) is 0 Å². The Bertz CT molecular complexity index is 885. The SMILES string of the molecule is O=S1(=O)N(CCN2CCNCC2)c2cccc(F)c2N1c1ccccc1. The third-order valence-electron chi connectivity index (χ3n) is 4.77. The van der Waals surface area contributed by atoms with Crippen molar-refractivity contribution >= 4 is 27.3 Å². The molecule has 26 heavy (non-hydrogen) atoms. The first-order chi connectivity index (χ1) is 12.6. The van der Waals surface area contributed by atoms with Crippen LogP contribution in [0.5, 0.6) is 0 Å². The van der Waals surface area contributed by atoms with Gasteiger partial charge in [-0.25, -0.2) is 13.0 Å². The lowest BCUT2D eigenvalue weighted by atomic mass is 10.2. The summed E-state index contributed by atoms with van der Waals surface area (Å²) < 4.78 is 43.5. The van der Waals surface area contributed by atoms with E-state index in [2.05, 4.69) is 10.2 Å². The van der Waals surface area contributed by atoms with Crippen LogP contribution in [0.3, 0.4) is 0 Å². The van der Waals surface area contributed by atoms with Crippen molar-refractivity contribution in [1.82, 2.24) is 10.2 Å². The molecule has 0 saturated carbocycles. The number of fused-ring (bicyclic) bond motifs is 1. The average Bonchev–Trinajstić information content (AvgIpc) is 2.89. The maximum atomic E-state index is 14.6. The summed E-state index contributed by atoms with van der Waals surface area (Å²) in [4.78, 5) is 2.22. The molecule has 2 heterocycles. The minimum Gasteiger partial charge on any atom is -0.314 e. The lowest BCUT2D eigenvalue weighted by Crippen LogP contribution is -2.47. The summed E-state index contributed by atoms with van der Waals surface area (Å²) in [5.41, 5.74) is 0.923. The molecule has 0 aliphatic carbocycles. The highest BCUT2D eigenvalue weighted by atomic mass is 32.2. The van der Waals surface area contributed by atoms with E-state index in [0.717, 1.165) is 30.5 Å². The van der Waals surface area contributed by atoms with E-state index in [0.29, 0.717) is 24.5 Å². The Morgan fingerprint density at radius 1 is 0.962 bits per heavy atom. The van der Waals surface area contributed by atoms with Gasteiger partial charge in [0.25, 0.3) is 0 Å². The van der Waals surface area contributed by atoms with Crippen LogP contribution in [0.15, 0.2) is 48.5 Å². The zero-order valence-electron chi connectivity index (χ0n) is 14.3. The summed E-state index contributed by atoms with van der Waals surface area (Å²) in [7, 11) is -3.88. The van der Waals surface area contributed by atoms with Crippen LogP contribution in [0, 0.1) is 5.82 Å². The Morgan fingerprint density at radius 2 is 1.69 bits per heavy atom. The molecule has 0 bridgehead atoms. The number of rotatable bonds is 4. The second-order valence-electron chi connectivity index (χ2n) is 6.38. The molecule has 0 amide bonds. The van der Waals surface area contributed by atoms with Crippen molar-refractivity contribution in [2.45, 2.75) is 0 Å². The summed E-state index contributed by atoms with van der Waals surface area (Å²) in [5, 5.41) is 3.28. The topological polar surface area (TPSA) is 55.9 Å². The number of benzene rings is 2. The van der Waals surface area contributed by atoms with E-state index >= 15 is 0 Å². The van der Waals surface area contributed by atoms with Crippen LogP contribution >= 0.6 is 0 Å². The van der Waals surface area contributed by atoms with Crippen LogP contribution in [0.4, 0.5) is 21.5 Å². The van der Waals surface area contributed by atoms with E-state index in [4.69, 9.17) is 0 Å². The molecule has 0 atom stereocenters. The second-order valence-corrected chi connectivity index (χ2v) is 8.08. The number of piperazine rings is 1. The zero-order valence-corrected chi connectivity index (χ0v) is 15.1. The molecule has 1 saturated heterocycles. The van der Waals surface area contributed by atoms with E-state index in [1.165, 1.54) is 10.4 Å². The summed E-state index contributed by atoms with van der Waals surface area (Å²) in [6.45, 7) is 4.46. The van der Waals surface area contributed by atoms with E-state index in [9.17, 15) is 12.8 Å². The van der Waals surface area contributed by atoms with Crippen molar-refractivity contribution in [3.05, 3.63) is 54.3 Å². The van der Waals surface area contributed by atoms with Crippen LogP contribution in [-0.4, -0.2) is 52.6 Å². The van der Waals surface area contributed by atoms with Gasteiger partial charge in [-0.15, -0.1) is 0 Å². The van der Waals surface area contributed by atoms with Crippen molar-refractivity contribution in [1.29, 1.82) is 0 Å². The zero-order chi connectivity index (χ0) is 18.1. The molecule has 0 spiro atoms. The van der Waals surface area contributed by atoms with E-state index in [1.54, 1.807) is 42.5 Å². The van der Waals surface area contributed by atoms with Gasteiger partial charge < -0.3 is 5.32 Å². The molecule has 0 radical (unpaired) electrons. The molecule has 2 aliphatic rings. The van der Waals surface area contributed by atoms with Crippen LogP contribution in [0.1, 0.15) is 0 Å². The Morgan fingerprint density at radius 3 is 2.42 bits per heavy atom. The van der Waals surface area contributed by atoms with E-state index in [1.807, 2.05) is 0 Å². The average molecular weight is 376 g/mol. The number of halogens is 1. The Labute approximate surface area is 153 Å².